The topological polar surface area (TPSA) is 113 Å². The van der Waals surface area contributed by atoms with Gasteiger partial charge in [-0.25, -0.2) is 8.42 Å². The maximum atomic E-state index is 11.5. The molecule has 100 valence electrons. The summed E-state index contributed by atoms with van der Waals surface area (Å²) < 4.78 is 32.3. The van der Waals surface area contributed by atoms with Crippen LogP contribution in [-0.4, -0.2) is 51.1 Å². The molecule has 0 saturated carbocycles. The summed E-state index contributed by atoms with van der Waals surface area (Å²) in [5, 5.41) is 0. The Labute approximate surface area is 100 Å². The van der Waals surface area contributed by atoms with E-state index >= 15 is 0 Å². The van der Waals surface area contributed by atoms with Gasteiger partial charge in [0.2, 0.25) is 0 Å². The number of ether oxygens (including phenoxy) is 2. The van der Waals surface area contributed by atoms with Gasteiger partial charge in [-0.3, -0.25) is 9.59 Å². The zero-order valence-electron chi connectivity index (χ0n) is 9.84. The standard InChI is InChI=1S/C9H17NO6S/c1-7(11)15-3-4-17(13,14)6-9(5-10)16-8(2)12/h9H,3-6,10H2,1-2H3. The van der Waals surface area contributed by atoms with E-state index in [0.717, 1.165) is 0 Å². The number of hydrogen-bond donors (Lipinski definition) is 1. The van der Waals surface area contributed by atoms with Crippen molar-refractivity contribution in [2.75, 3.05) is 24.7 Å². The molecule has 17 heavy (non-hydrogen) atoms. The Morgan fingerprint density at radius 2 is 1.82 bits per heavy atom. The van der Waals surface area contributed by atoms with Crippen LogP contribution in [0.5, 0.6) is 0 Å². The van der Waals surface area contributed by atoms with Crippen LogP contribution in [0.2, 0.25) is 0 Å². The molecule has 0 aromatic rings. The molecule has 1 atom stereocenters. The van der Waals surface area contributed by atoms with E-state index in [1.54, 1.807) is 0 Å². The molecule has 0 spiro atoms. The minimum Gasteiger partial charge on any atom is -0.465 e. The van der Waals surface area contributed by atoms with Gasteiger partial charge in [-0.2, -0.15) is 0 Å². The Hall–Kier alpha value is -1.15. The molecular weight excluding hydrogens is 250 g/mol. The van der Waals surface area contributed by atoms with Gasteiger partial charge in [0.15, 0.2) is 9.84 Å². The second kappa shape index (κ2) is 7.23. The lowest BCUT2D eigenvalue weighted by atomic mass is 10.4. The highest BCUT2D eigenvalue weighted by Crippen LogP contribution is 2.00. The highest BCUT2D eigenvalue weighted by molar-refractivity contribution is 7.91. The molecule has 0 bridgehead atoms. The van der Waals surface area contributed by atoms with Crippen molar-refractivity contribution < 1.29 is 27.5 Å². The van der Waals surface area contributed by atoms with Crippen molar-refractivity contribution in [3.63, 3.8) is 0 Å². The predicted molar refractivity (Wildman–Crippen MR) is 59.9 cm³/mol. The number of hydrogen-bond acceptors (Lipinski definition) is 7. The van der Waals surface area contributed by atoms with Gasteiger partial charge in [-0.1, -0.05) is 0 Å². The van der Waals surface area contributed by atoms with E-state index in [0.29, 0.717) is 0 Å². The maximum absolute atomic E-state index is 11.5. The van der Waals surface area contributed by atoms with Crippen LogP contribution in [0, 0.1) is 0 Å². The first-order chi connectivity index (χ1) is 7.76. The van der Waals surface area contributed by atoms with E-state index in [1.807, 2.05) is 0 Å². The second-order valence-electron chi connectivity index (χ2n) is 3.42. The molecule has 0 amide bonds. The number of carbonyl (C=O) groups is 2. The fourth-order valence-electron chi connectivity index (χ4n) is 1.06. The minimum atomic E-state index is -3.47. The molecule has 0 radical (unpaired) electrons. The summed E-state index contributed by atoms with van der Waals surface area (Å²) in [5.74, 6) is -1.82. The smallest absolute Gasteiger partial charge is 0.302 e. The molecule has 0 saturated heterocycles. The third-order valence-corrected chi connectivity index (χ3v) is 3.40. The summed E-state index contributed by atoms with van der Waals surface area (Å²) in [6, 6.07) is 0. The van der Waals surface area contributed by atoms with Gasteiger partial charge in [0.05, 0.1) is 11.5 Å². The van der Waals surface area contributed by atoms with Gasteiger partial charge < -0.3 is 15.2 Å². The molecule has 0 aliphatic heterocycles. The van der Waals surface area contributed by atoms with Crippen molar-refractivity contribution >= 4 is 21.8 Å². The maximum Gasteiger partial charge on any atom is 0.302 e. The van der Waals surface area contributed by atoms with E-state index in [9.17, 15) is 18.0 Å². The van der Waals surface area contributed by atoms with Gasteiger partial charge in [-0.15, -0.1) is 0 Å². The largest absolute Gasteiger partial charge is 0.465 e. The molecule has 0 aliphatic carbocycles. The van der Waals surface area contributed by atoms with E-state index < -0.39 is 27.9 Å². The van der Waals surface area contributed by atoms with Crippen LogP contribution >= 0.6 is 0 Å². The van der Waals surface area contributed by atoms with Crippen molar-refractivity contribution in [2.45, 2.75) is 20.0 Å². The SMILES string of the molecule is CC(=O)OCCS(=O)(=O)CC(CN)OC(C)=O. The summed E-state index contributed by atoms with van der Waals surface area (Å²) in [5.41, 5.74) is 5.28. The third kappa shape index (κ3) is 8.64. The Balaban J connectivity index is 4.21. The van der Waals surface area contributed by atoms with E-state index in [4.69, 9.17) is 10.5 Å². The van der Waals surface area contributed by atoms with Gasteiger partial charge in [0.1, 0.15) is 12.7 Å². The molecule has 0 aromatic carbocycles. The lowest BCUT2D eigenvalue weighted by molar-refractivity contribution is -0.144. The number of nitrogens with two attached hydrogens (primary N) is 1. The predicted octanol–water partition coefficient (Wildman–Crippen LogP) is -1.15. The second-order valence-corrected chi connectivity index (χ2v) is 5.65. The van der Waals surface area contributed by atoms with Gasteiger partial charge in [0, 0.05) is 20.4 Å². The van der Waals surface area contributed by atoms with Gasteiger partial charge >= 0.3 is 11.9 Å². The number of esters is 2. The molecule has 0 fully saturated rings. The molecule has 0 rings (SSSR count). The fraction of sp³-hybridized carbons (Fsp3) is 0.778. The summed E-state index contributed by atoms with van der Waals surface area (Å²) in [6.07, 6.45) is -0.866. The molecule has 2 N–H and O–H groups in total. The molecule has 0 heterocycles. The van der Waals surface area contributed by atoms with Crippen molar-refractivity contribution in [2.24, 2.45) is 5.73 Å². The van der Waals surface area contributed by atoms with Crippen molar-refractivity contribution in [3.8, 4) is 0 Å². The van der Waals surface area contributed by atoms with E-state index in [1.165, 1.54) is 13.8 Å². The van der Waals surface area contributed by atoms with Crippen molar-refractivity contribution in [1.29, 1.82) is 0 Å². The first-order valence-corrected chi connectivity index (χ1v) is 6.80. The van der Waals surface area contributed by atoms with Crippen molar-refractivity contribution in [3.05, 3.63) is 0 Å². The van der Waals surface area contributed by atoms with Crippen LogP contribution in [0.1, 0.15) is 13.8 Å². The van der Waals surface area contributed by atoms with Crippen LogP contribution in [0.4, 0.5) is 0 Å². The number of sulfone groups is 1. The Kier molecular flexibility index (Phi) is 6.74. The molecule has 0 aliphatic rings. The first-order valence-electron chi connectivity index (χ1n) is 4.98. The Bertz CT molecular complexity index is 364. The van der Waals surface area contributed by atoms with E-state index in [2.05, 4.69) is 4.74 Å². The zero-order valence-corrected chi connectivity index (χ0v) is 10.7. The van der Waals surface area contributed by atoms with Gasteiger partial charge in [-0.05, 0) is 0 Å². The lowest BCUT2D eigenvalue weighted by Gasteiger charge is -2.14. The molecule has 8 heteroatoms. The summed E-state index contributed by atoms with van der Waals surface area (Å²) in [6.45, 7) is 2.07. The number of rotatable bonds is 7. The average Bonchev–Trinajstić information content (AvgIpc) is 2.14. The van der Waals surface area contributed by atoms with Gasteiger partial charge in [0.25, 0.3) is 0 Å². The lowest BCUT2D eigenvalue weighted by Crippen LogP contribution is -2.34. The Morgan fingerprint density at radius 1 is 1.24 bits per heavy atom. The van der Waals surface area contributed by atoms with E-state index in [-0.39, 0.29) is 24.7 Å². The van der Waals surface area contributed by atoms with Crippen LogP contribution in [0.25, 0.3) is 0 Å². The molecule has 7 nitrogen and oxygen atoms in total. The van der Waals surface area contributed by atoms with Crippen LogP contribution < -0.4 is 5.73 Å². The van der Waals surface area contributed by atoms with Crippen LogP contribution in [-0.2, 0) is 28.9 Å². The normalized spacial score (nSPS) is 12.9. The van der Waals surface area contributed by atoms with Crippen LogP contribution in [0.15, 0.2) is 0 Å². The Morgan fingerprint density at radius 3 is 2.24 bits per heavy atom. The zero-order chi connectivity index (χ0) is 13.5. The summed E-state index contributed by atoms with van der Waals surface area (Å²) in [7, 11) is -3.47. The summed E-state index contributed by atoms with van der Waals surface area (Å²) >= 11 is 0. The monoisotopic (exact) mass is 267 g/mol. The molecule has 1 unspecified atom stereocenters. The van der Waals surface area contributed by atoms with Crippen molar-refractivity contribution in [1.82, 2.24) is 0 Å². The quantitative estimate of drug-likeness (QED) is 0.580. The first kappa shape index (κ1) is 15.9. The molecular formula is C9H17NO6S. The minimum absolute atomic E-state index is 0.0770. The highest BCUT2D eigenvalue weighted by atomic mass is 32.2. The molecule has 0 aromatic heterocycles. The highest BCUT2D eigenvalue weighted by Gasteiger charge is 2.20. The fourth-order valence-corrected chi connectivity index (χ4v) is 2.34. The third-order valence-electron chi connectivity index (χ3n) is 1.74. The number of carbonyl (C=O) groups excluding carboxylic acids is 2. The van der Waals surface area contributed by atoms with Crippen LogP contribution in [0.3, 0.4) is 0 Å². The summed E-state index contributed by atoms with van der Waals surface area (Å²) in [4.78, 5) is 21.1. The average molecular weight is 267 g/mol.